The van der Waals surface area contributed by atoms with E-state index in [-0.39, 0.29) is 0 Å². The van der Waals surface area contributed by atoms with Gasteiger partial charge in [-0.2, -0.15) is 0 Å². The first-order valence-electron chi connectivity index (χ1n) is 5.39. The number of aryl methyl sites for hydroxylation is 1. The van der Waals surface area contributed by atoms with Gasteiger partial charge < -0.3 is 10.7 Å². The molecule has 92 valence electrons. The maximum atomic E-state index is 11.4. The van der Waals surface area contributed by atoms with E-state index in [1.165, 1.54) is 6.26 Å². The fraction of sp³-hybridized carbons (Fsp3) is 0.364. The first kappa shape index (κ1) is 12.1. The number of hydrogen-bond donors (Lipinski definition) is 2. The minimum absolute atomic E-state index is 0.305. The summed E-state index contributed by atoms with van der Waals surface area (Å²) >= 11 is 0. The Bertz CT molecular complexity index is 631. The Labute approximate surface area is 100.0 Å². The van der Waals surface area contributed by atoms with Gasteiger partial charge in [-0.1, -0.05) is 0 Å². The van der Waals surface area contributed by atoms with E-state index in [0.29, 0.717) is 11.4 Å². The minimum Gasteiger partial charge on any atom is -0.342 e. The van der Waals surface area contributed by atoms with Gasteiger partial charge >= 0.3 is 0 Å². The number of nitrogens with two attached hydrogens (primary N) is 1. The average Bonchev–Trinajstić information content (AvgIpc) is 2.66. The van der Waals surface area contributed by atoms with Gasteiger partial charge in [0, 0.05) is 12.7 Å². The zero-order valence-electron chi connectivity index (χ0n) is 9.60. The van der Waals surface area contributed by atoms with Crippen molar-refractivity contribution in [3.63, 3.8) is 0 Å². The summed E-state index contributed by atoms with van der Waals surface area (Å²) in [6, 6.07) is 4.91. The topological polar surface area (TPSA) is 88.8 Å². The summed E-state index contributed by atoms with van der Waals surface area (Å²) in [6.07, 6.45) is 2.83. The molecule has 6 heteroatoms. The van der Waals surface area contributed by atoms with E-state index in [0.717, 1.165) is 29.7 Å². The molecule has 0 unspecified atom stereocenters. The number of rotatable bonds is 4. The maximum absolute atomic E-state index is 11.4. The summed E-state index contributed by atoms with van der Waals surface area (Å²) in [4.78, 5) is 7.78. The van der Waals surface area contributed by atoms with Crippen LogP contribution in [-0.2, 0) is 16.3 Å². The highest BCUT2D eigenvalue weighted by molar-refractivity contribution is 7.90. The average molecular weight is 253 g/mol. The van der Waals surface area contributed by atoms with Crippen molar-refractivity contribution >= 4 is 20.9 Å². The van der Waals surface area contributed by atoms with Crippen LogP contribution in [0, 0.1) is 0 Å². The number of benzene rings is 1. The molecule has 0 saturated heterocycles. The third kappa shape index (κ3) is 2.65. The second-order valence-corrected chi connectivity index (χ2v) is 6.04. The van der Waals surface area contributed by atoms with Crippen LogP contribution in [0.4, 0.5) is 0 Å². The first-order valence-corrected chi connectivity index (χ1v) is 7.28. The number of sulfone groups is 1. The van der Waals surface area contributed by atoms with Gasteiger partial charge in [0.2, 0.25) is 0 Å². The molecule has 5 nitrogen and oxygen atoms in total. The van der Waals surface area contributed by atoms with E-state index in [2.05, 4.69) is 9.97 Å². The van der Waals surface area contributed by atoms with Gasteiger partial charge in [0.15, 0.2) is 9.84 Å². The van der Waals surface area contributed by atoms with Crippen LogP contribution in [0.25, 0.3) is 11.0 Å². The third-order valence-electron chi connectivity index (χ3n) is 2.55. The van der Waals surface area contributed by atoms with Crippen LogP contribution < -0.4 is 5.73 Å². The molecule has 17 heavy (non-hydrogen) atoms. The van der Waals surface area contributed by atoms with Crippen molar-refractivity contribution < 1.29 is 8.42 Å². The first-order chi connectivity index (χ1) is 8.00. The Morgan fingerprint density at radius 3 is 2.82 bits per heavy atom. The molecule has 1 aromatic carbocycles. The van der Waals surface area contributed by atoms with E-state index >= 15 is 0 Å². The van der Waals surface area contributed by atoms with Crippen molar-refractivity contribution in [1.82, 2.24) is 9.97 Å². The number of nitrogens with one attached hydrogen (secondary N) is 1. The van der Waals surface area contributed by atoms with Gasteiger partial charge in [-0.25, -0.2) is 13.4 Å². The lowest BCUT2D eigenvalue weighted by atomic mass is 10.3. The van der Waals surface area contributed by atoms with E-state index in [9.17, 15) is 8.42 Å². The minimum atomic E-state index is -3.17. The van der Waals surface area contributed by atoms with Gasteiger partial charge in [-0.15, -0.1) is 0 Å². The maximum Gasteiger partial charge on any atom is 0.175 e. The standard InChI is InChI=1S/C11H15N3O2S/c1-17(15,16)8-4-5-9-10(7-8)14-11(13-9)3-2-6-12/h4-5,7H,2-3,6,12H2,1H3,(H,13,14). The Balaban J connectivity index is 2.41. The summed E-state index contributed by atoms with van der Waals surface area (Å²) in [5.41, 5.74) is 6.96. The number of hydrogen-bond acceptors (Lipinski definition) is 4. The summed E-state index contributed by atoms with van der Waals surface area (Å²) in [7, 11) is -3.17. The van der Waals surface area contributed by atoms with Gasteiger partial charge in [-0.3, -0.25) is 0 Å². The Hall–Kier alpha value is -1.40. The zero-order valence-corrected chi connectivity index (χ0v) is 10.4. The second kappa shape index (κ2) is 4.46. The molecule has 0 saturated carbocycles. The highest BCUT2D eigenvalue weighted by Crippen LogP contribution is 2.17. The fourth-order valence-corrected chi connectivity index (χ4v) is 2.31. The quantitative estimate of drug-likeness (QED) is 0.845. The molecule has 2 aromatic rings. The van der Waals surface area contributed by atoms with Crippen molar-refractivity contribution in [2.75, 3.05) is 12.8 Å². The van der Waals surface area contributed by atoms with Gasteiger partial charge in [-0.05, 0) is 31.2 Å². The zero-order chi connectivity index (χ0) is 12.5. The van der Waals surface area contributed by atoms with E-state index < -0.39 is 9.84 Å². The molecule has 0 radical (unpaired) electrons. The van der Waals surface area contributed by atoms with Crippen molar-refractivity contribution in [3.8, 4) is 0 Å². The molecule has 1 heterocycles. The van der Waals surface area contributed by atoms with Crippen LogP contribution in [0.15, 0.2) is 23.1 Å². The summed E-state index contributed by atoms with van der Waals surface area (Å²) in [5, 5.41) is 0. The van der Waals surface area contributed by atoms with Gasteiger partial charge in [0.25, 0.3) is 0 Å². The fourth-order valence-electron chi connectivity index (χ4n) is 1.66. The monoisotopic (exact) mass is 253 g/mol. The third-order valence-corrected chi connectivity index (χ3v) is 3.66. The number of H-pyrrole nitrogens is 1. The normalized spacial score (nSPS) is 12.1. The Kier molecular flexibility index (Phi) is 3.17. The number of aromatic amines is 1. The SMILES string of the molecule is CS(=O)(=O)c1ccc2nc(CCCN)[nH]c2c1. The second-order valence-electron chi connectivity index (χ2n) is 4.03. The molecule has 3 N–H and O–H groups in total. The van der Waals surface area contributed by atoms with Crippen molar-refractivity contribution in [2.24, 2.45) is 5.73 Å². The van der Waals surface area contributed by atoms with E-state index in [4.69, 9.17) is 5.73 Å². The number of fused-ring (bicyclic) bond motifs is 1. The number of imidazole rings is 1. The number of aromatic nitrogens is 2. The summed E-state index contributed by atoms with van der Waals surface area (Å²) < 4.78 is 22.8. The lowest BCUT2D eigenvalue weighted by Gasteiger charge is -1.96. The van der Waals surface area contributed by atoms with E-state index in [1.807, 2.05) is 0 Å². The summed E-state index contributed by atoms with van der Waals surface area (Å²) in [5.74, 6) is 0.844. The molecule has 0 aliphatic rings. The smallest absolute Gasteiger partial charge is 0.175 e. The molecule has 0 spiro atoms. The Morgan fingerprint density at radius 1 is 1.41 bits per heavy atom. The highest BCUT2D eigenvalue weighted by Gasteiger charge is 2.09. The molecule has 0 atom stereocenters. The van der Waals surface area contributed by atoms with Crippen molar-refractivity contribution in [2.45, 2.75) is 17.7 Å². The number of nitrogens with zero attached hydrogens (tertiary/aromatic N) is 1. The molecular weight excluding hydrogens is 238 g/mol. The lowest BCUT2D eigenvalue weighted by Crippen LogP contribution is -2.01. The summed E-state index contributed by atoms with van der Waals surface area (Å²) in [6.45, 7) is 0.617. The van der Waals surface area contributed by atoms with Crippen molar-refractivity contribution in [1.29, 1.82) is 0 Å². The molecule has 0 amide bonds. The Morgan fingerprint density at radius 2 is 2.18 bits per heavy atom. The largest absolute Gasteiger partial charge is 0.342 e. The van der Waals surface area contributed by atoms with E-state index in [1.54, 1.807) is 18.2 Å². The van der Waals surface area contributed by atoms with Crippen LogP contribution >= 0.6 is 0 Å². The molecule has 2 rings (SSSR count). The molecule has 0 aliphatic carbocycles. The highest BCUT2D eigenvalue weighted by atomic mass is 32.2. The van der Waals surface area contributed by atoms with Crippen LogP contribution in [0.2, 0.25) is 0 Å². The van der Waals surface area contributed by atoms with Crippen LogP contribution in [0.5, 0.6) is 0 Å². The molecular formula is C11H15N3O2S. The van der Waals surface area contributed by atoms with Crippen LogP contribution in [-0.4, -0.2) is 31.2 Å². The molecule has 1 aromatic heterocycles. The van der Waals surface area contributed by atoms with Gasteiger partial charge in [0.1, 0.15) is 5.82 Å². The van der Waals surface area contributed by atoms with Crippen molar-refractivity contribution in [3.05, 3.63) is 24.0 Å². The molecule has 0 fully saturated rings. The lowest BCUT2D eigenvalue weighted by molar-refractivity contribution is 0.602. The van der Waals surface area contributed by atoms with Crippen LogP contribution in [0.3, 0.4) is 0 Å². The molecule has 0 bridgehead atoms. The van der Waals surface area contributed by atoms with Gasteiger partial charge in [0.05, 0.1) is 15.9 Å². The predicted octanol–water partition coefficient (Wildman–Crippen LogP) is 0.858. The molecule has 0 aliphatic heterocycles. The predicted molar refractivity (Wildman–Crippen MR) is 66.6 cm³/mol. The van der Waals surface area contributed by atoms with Crippen LogP contribution in [0.1, 0.15) is 12.2 Å².